The van der Waals surface area contributed by atoms with Crippen LogP contribution in [0.25, 0.3) is 11.0 Å². The number of rotatable bonds is 6. The first-order chi connectivity index (χ1) is 13.9. The quantitative estimate of drug-likeness (QED) is 0.611. The van der Waals surface area contributed by atoms with Crippen molar-refractivity contribution < 1.29 is 9.53 Å². The molecule has 2 N–H and O–H groups in total. The van der Waals surface area contributed by atoms with Gasteiger partial charge in [0.25, 0.3) is 11.4 Å². The van der Waals surface area contributed by atoms with Crippen molar-refractivity contribution in [2.24, 2.45) is 7.05 Å². The Hall–Kier alpha value is -3.56. The summed E-state index contributed by atoms with van der Waals surface area (Å²) in [5, 5.41) is 7.52. The van der Waals surface area contributed by atoms with E-state index in [9.17, 15) is 9.59 Å². The molecule has 0 bridgehead atoms. The van der Waals surface area contributed by atoms with Crippen molar-refractivity contribution in [2.45, 2.75) is 24.9 Å². The summed E-state index contributed by atoms with van der Waals surface area (Å²) in [6, 6.07) is 0.0845. The molecule has 1 aliphatic carbocycles. The van der Waals surface area contributed by atoms with E-state index in [2.05, 4.69) is 27.0 Å². The number of anilines is 2. The number of aromatic amines is 1. The third-order valence-electron chi connectivity index (χ3n) is 5.42. The Morgan fingerprint density at radius 1 is 1.41 bits per heavy atom. The Morgan fingerprint density at radius 2 is 2.17 bits per heavy atom. The van der Waals surface area contributed by atoms with Gasteiger partial charge in [-0.25, -0.2) is 4.98 Å². The fourth-order valence-corrected chi connectivity index (χ4v) is 3.69. The number of pyridine rings is 1. The predicted molar refractivity (Wildman–Crippen MR) is 108 cm³/mol. The zero-order valence-electron chi connectivity index (χ0n) is 16.5. The van der Waals surface area contributed by atoms with E-state index in [0.717, 1.165) is 0 Å². The lowest BCUT2D eigenvalue weighted by Crippen LogP contribution is -2.47. The molecule has 0 spiro atoms. The average Bonchev–Trinajstić information content (AvgIpc) is 3.29. The fraction of sp³-hybridized carbons (Fsp3) is 0.368. The molecule has 1 saturated carbocycles. The van der Waals surface area contributed by atoms with E-state index in [1.807, 2.05) is 0 Å². The zero-order valence-corrected chi connectivity index (χ0v) is 16.5. The highest BCUT2D eigenvalue weighted by atomic mass is 16.5. The minimum absolute atomic E-state index is 0.00314. The number of fused-ring (bicyclic) bond motifs is 1. The number of hydrogen-bond donors (Lipinski definition) is 2. The van der Waals surface area contributed by atoms with Crippen molar-refractivity contribution in [2.75, 3.05) is 19.5 Å². The van der Waals surface area contributed by atoms with Crippen LogP contribution in [-0.2, 0) is 11.8 Å². The van der Waals surface area contributed by atoms with Crippen LogP contribution in [-0.4, -0.2) is 55.3 Å². The SMILES string of the molecule is C=CC(=O)N(C)C1CC(n2cc(Nc3cn(C)nc3OC)c3nc[nH]c3c2=O)C1. The van der Waals surface area contributed by atoms with Gasteiger partial charge in [0.15, 0.2) is 0 Å². The van der Waals surface area contributed by atoms with E-state index in [4.69, 9.17) is 4.74 Å². The smallest absolute Gasteiger partial charge is 0.276 e. The van der Waals surface area contributed by atoms with Gasteiger partial charge in [0.05, 0.1) is 25.3 Å². The number of H-pyrrole nitrogens is 1. The van der Waals surface area contributed by atoms with Crippen molar-refractivity contribution in [3.63, 3.8) is 0 Å². The van der Waals surface area contributed by atoms with Crippen LogP contribution < -0.4 is 15.6 Å². The molecule has 10 heteroatoms. The number of aryl methyl sites for hydroxylation is 1. The molecule has 0 radical (unpaired) electrons. The summed E-state index contributed by atoms with van der Waals surface area (Å²) in [6.07, 6.45) is 7.77. The highest BCUT2D eigenvalue weighted by molar-refractivity contribution is 5.89. The number of likely N-dealkylation sites (N-methyl/N-ethyl adjacent to an activating group) is 1. The minimum Gasteiger partial charge on any atom is -0.478 e. The molecule has 10 nitrogen and oxygen atoms in total. The first-order valence-electron chi connectivity index (χ1n) is 9.25. The van der Waals surface area contributed by atoms with Crippen LogP contribution in [0.5, 0.6) is 5.88 Å². The molecule has 0 atom stereocenters. The number of methoxy groups -OCH3 is 1. The van der Waals surface area contributed by atoms with Gasteiger partial charge in [0.2, 0.25) is 5.91 Å². The van der Waals surface area contributed by atoms with Gasteiger partial charge in [-0.15, -0.1) is 5.10 Å². The summed E-state index contributed by atoms with van der Waals surface area (Å²) in [5.74, 6) is 0.332. The van der Waals surface area contributed by atoms with Crippen LogP contribution in [0.15, 0.2) is 36.2 Å². The second-order valence-corrected chi connectivity index (χ2v) is 7.16. The predicted octanol–water partition coefficient (Wildman–Crippen LogP) is 1.56. The third-order valence-corrected chi connectivity index (χ3v) is 5.42. The maximum atomic E-state index is 12.9. The Bertz CT molecular complexity index is 1140. The normalized spacial score (nSPS) is 18.3. The Kier molecular flexibility index (Phi) is 4.61. The molecule has 0 aliphatic heterocycles. The van der Waals surface area contributed by atoms with E-state index >= 15 is 0 Å². The first kappa shape index (κ1) is 18.8. The molecule has 1 amide bonds. The second kappa shape index (κ2) is 7.12. The molecule has 1 aliphatic rings. The standard InChI is InChI=1S/C19H23N7O3/c1-5-15(27)25(3)11-6-12(7-11)26-9-13(16-17(19(26)28)21-10-20-16)22-14-8-24(2)23-18(14)29-4/h5,8-12,22H,1,6-7H2,2-4H3,(H,20,21). The van der Waals surface area contributed by atoms with Gasteiger partial charge in [-0.05, 0) is 18.9 Å². The number of ether oxygens (including phenoxy) is 1. The van der Waals surface area contributed by atoms with E-state index < -0.39 is 0 Å². The van der Waals surface area contributed by atoms with Crippen LogP contribution in [0.3, 0.4) is 0 Å². The van der Waals surface area contributed by atoms with Gasteiger partial charge in [-0.1, -0.05) is 6.58 Å². The lowest BCUT2D eigenvalue weighted by molar-refractivity contribution is -0.129. The number of carbonyl (C=O) groups excluding carboxylic acids is 1. The number of amides is 1. The van der Waals surface area contributed by atoms with Gasteiger partial charge >= 0.3 is 0 Å². The average molecular weight is 397 g/mol. The summed E-state index contributed by atoms with van der Waals surface area (Å²) in [5.41, 5.74) is 2.18. The molecule has 3 aromatic rings. The van der Waals surface area contributed by atoms with E-state index in [0.29, 0.717) is 41.1 Å². The van der Waals surface area contributed by atoms with Gasteiger partial charge in [-0.2, -0.15) is 0 Å². The summed E-state index contributed by atoms with van der Waals surface area (Å²) < 4.78 is 8.65. The zero-order chi connectivity index (χ0) is 20.7. The van der Waals surface area contributed by atoms with Crippen molar-refractivity contribution in [3.05, 3.63) is 41.7 Å². The summed E-state index contributed by atoms with van der Waals surface area (Å²) in [4.78, 5) is 33.7. The minimum atomic E-state index is -0.137. The van der Waals surface area contributed by atoms with Crippen LogP contribution in [0.1, 0.15) is 18.9 Å². The highest BCUT2D eigenvalue weighted by Gasteiger charge is 2.35. The Balaban J connectivity index is 1.66. The molecule has 0 aromatic carbocycles. The molecule has 0 unspecified atom stereocenters. The number of imidazole rings is 1. The molecular formula is C19H23N7O3. The Morgan fingerprint density at radius 3 is 2.86 bits per heavy atom. The van der Waals surface area contributed by atoms with Gasteiger partial charge in [0.1, 0.15) is 16.7 Å². The van der Waals surface area contributed by atoms with Crippen molar-refractivity contribution in [1.82, 2.24) is 29.2 Å². The van der Waals surface area contributed by atoms with Crippen LogP contribution in [0.2, 0.25) is 0 Å². The largest absolute Gasteiger partial charge is 0.478 e. The van der Waals surface area contributed by atoms with Crippen LogP contribution >= 0.6 is 0 Å². The van der Waals surface area contributed by atoms with Crippen LogP contribution in [0, 0.1) is 0 Å². The topological polar surface area (TPSA) is 110 Å². The van der Waals surface area contributed by atoms with Crippen molar-refractivity contribution in [3.8, 4) is 5.88 Å². The molecule has 152 valence electrons. The summed E-state index contributed by atoms with van der Waals surface area (Å²) >= 11 is 0. The Labute approximate surface area is 166 Å². The van der Waals surface area contributed by atoms with E-state index in [1.54, 1.807) is 47.7 Å². The molecule has 29 heavy (non-hydrogen) atoms. The number of carbonyl (C=O) groups is 1. The summed E-state index contributed by atoms with van der Waals surface area (Å²) in [6.45, 7) is 3.53. The number of nitrogens with zero attached hydrogens (tertiary/aromatic N) is 5. The maximum Gasteiger partial charge on any atom is 0.276 e. The number of hydrogen-bond acceptors (Lipinski definition) is 6. The van der Waals surface area contributed by atoms with Gasteiger partial charge in [-0.3, -0.25) is 14.3 Å². The molecule has 3 heterocycles. The highest BCUT2D eigenvalue weighted by Crippen LogP contribution is 2.36. The lowest BCUT2D eigenvalue weighted by Gasteiger charge is -2.41. The van der Waals surface area contributed by atoms with Crippen molar-refractivity contribution in [1.29, 1.82) is 0 Å². The third kappa shape index (κ3) is 3.16. The van der Waals surface area contributed by atoms with Gasteiger partial charge in [0, 0.05) is 32.4 Å². The van der Waals surface area contributed by atoms with E-state index in [1.165, 1.54) is 12.4 Å². The molecule has 1 fully saturated rings. The maximum absolute atomic E-state index is 12.9. The number of nitrogens with one attached hydrogen (secondary N) is 2. The monoisotopic (exact) mass is 397 g/mol. The fourth-order valence-electron chi connectivity index (χ4n) is 3.69. The molecule has 3 aromatic heterocycles. The first-order valence-corrected chi connectivity index (χ1v) is 9.25. The molecule has 0 saturated heterocycles. The lowest BCUT2D eigenvalue weighted by atomic mass is 9.85. The van der Waals surface area contributed by atoms with Crippen LogP contribution in [0.4, 0.5) is 11.4 Å². The van der Waals surface area contributed by atoms with E-state index in [-0.39, 0.29) is 23.6 Å². The summed E-state index contributed by atoms with van der Waals surface area (Å²) in [7, 11) is 5.11. The van der Waals surface area contributed by atoms with Crippen molar-refractivity contribution >= 4 is 28.3 Å². The second-order valence-electron chi connectivity index (χ2n) is 7.16. The van der Waals surface area contributed by atoms with Gasteiger partial charge < -0.3 is 24.5 Å². The molecule has 4 rings (SSSR count). The number of aromatic nitrogens is 5. The molecular weight excluding hydrogens is 374 g/mol.